The zero-order valence-electron chi connectivity index (χ0n) is 21.5. The molecule has 0 N–H and O–H groups in total. The van der Waals surface area contributed by atoms with Gasteiger partial charge in [0.2, 0.25) is 0 Å². The molecule has 3 nitrogen and oxygen atoms in total. The second-order valence-corrected chi connectivity index (χ2v) is 9.65. The Hall–Kier alpha value is -4.45. The number of carbonyl (C=O) groups is 1. The van der Waals surface area contributed by atoms with Crippen molar-refractivity contribution in [2.24, 2.45) is 0 Å². The Balaban J connectivity index is 1.59. The van der Waals surface area contributed by atoms with Gasteiger partial charge in [0.05, 0.1) is 11.1 Å². The number of aromatic nitrogens is 1. The average Bonchev–Trinajstić information content (AvgIpc) is 2.95. The summed E-state index contributed by atoms with van der Waals surface area (Å²) in [5.74, 6) is 0.641. The van der Waals surface area contributed by atoms with E-state index in [1.165, 1.54) is 17.8 Å². The number of alkyl halides is 3. The highest BCUT2D eigenvalue weighted by molar-refractivity contribution is 6.16. The lowest BCUT2D eigenvalue weighted by Crippen LogP contribution is -2.09. The number of para-hydroxylation sites is 1. The third-order valence-corrected chi connectivity index (χ3v) is 6.66. The van der Waals surface area contributed by atoms with Crippen LogP contribution >= 0.6 is 0 Å². The molecule has 0 aliphatic rings. The predicted octanol–water partition coefficient (Wildman–Crippen LogP) is 8.85. The topological polar surface area (TPSA) is 39.2 Å². The molecule has 5 rings (SSSR count). The van der Waals surface area contributed by atoms with Gasteiger partial charge >= 0.3 is 6.18 Å². The molecule has 0 radical (unpaired) electrons. The Morgan fingerprint density at radius 3 is 2.28 bits per heavy atom. The van der Waals surface area contributed by atoms with Crippen LogP contribution in [-0.2, 0) is 12.8 Å². The van der Waals surface area contributed by atoms with Crippen molar-refractivity contribution in [2.45, 2.75) is 32.5 Å². The quantitative estimate of drug-likeness (QED) is 0.199. The lowest BCUT2D eigenvalue weighted by molar-refractivity contribution is -0.136. The second kappa shape index (κ2) is 10.7. The Morgan fingerprint density at radius 2 is 1.59 bits per heavy atom. The van der Waals surface area contributed by atoms with Gasteiger partial charge in [-0.3, -0.25) is 9.78 Å². The minimum Gasteiger partial charge on any atom is -0.489 e. The van der Waals surface area contributed by atoms with E-state index in [0.29, 0.717) is 35.0 Å². The number of fused-ring (bicyclic) bond motifs is 1. The molecule has 0 atom stereocenters. The third-order valence-electron chi connectivity index (χ3n) is 6.66. The molecule has 0 amide bonds. The summed E-state index contributed by atoms with van der Waals surface area (Å²) in [5.41, 5.74) is 2.75. The highest BCUT2D eigenvalue weighted by Gasteiger charge is 2.34. The third kappa shape index (κ3) is 5.55. The van der Waals surface area contributed by atoms with Crippen LogP contribution in [0.4, 0.5) is 13.2 Å². The largest absolute Gasteiger partial charge is 0.489 e. The summed E-state index contributed by atoms with van der Waals surface area (Å²) in [6, 6.07) is 27.8. The van der Waals surface area contributed by atoms with Crippen LogP contribution in [0.5, 0.6) is 5.75 Å². The van der Waals surface area contributed by atoms with Gasteiger partial charge in [-0.1, -0.05) is 92.7 Å². The number of rotatable bonds is 7. The molecular formula is C33H26F3NO2. The fourth-order valence-electron chi connectivity index (χ4n) is 4.59. The van der Waals surface area contributed by atoms with E-state index in [1.54, 1.807) is 60.7 Å². The molecule has 6 heteroatoms. The van der Waals surface area contributed by atoms with Crippen LogP contribution in [0.2, 0.25) is 0 Å². The number of ether oxygens (including phenoxy) is 1. The van der Waals surface area contributed by atoms with Gasteiger partial charge in [0.25, 0.3) is 0 Å². The molecule has 1 aromatic heterocycles. The normalized spacial score (nSPS) is 11.6. The first-order valence-electron chi connectivity index (χ1n) is 12.6. The molecule has 4 aromatic carbocycles. The molecule has 39 heavy (non-hydrogen) atoms. The van der Waals surface area contributed by atoms with Crippen LogP contribution < -0.4 is 4.74 Å². The number of hydrogen-bond acceptors (Lipinski definition) is 3. The van der Waals surface area contributed by atoms with Gasteiger partial charge in [0.15, 0.2) is 5.78 Å². The molecule has 0 aliphatic heterocycles. The molecule has 0 unspecified atom stereocenters. The summed E-state index contributed by atoms with van der Waals surface area (Å²) in [5, 5.41) is 0.244. The van der Waals surface area contributed by atoms with Crippen LogP contribution in [-0.4, -0.2) is 10.8 Å². The van der Waals surface area contributed by atoms with E-state index in [1.807, 2.05) is 12.1 Å². The van der Waals surface area contributed by atoms with Crippen LogP contribution in [0.15, 0.2) is 103 Å². The first kappa shape index (κ1) is 26.2. The minimum atomic E-state index is -4.59. The van der Waals surface area contributed by atoms with Gasteiger partial charge in [-0.05, 0) is 40.8 Å². The van der Waals surface area contributed by atoms with E-state index in [4.69, 9.17) is 4.74 Å². The van der Waals surface area contributed by atoms with Crippen LogP contribution in [0.25, 0.3) is 22.0 Å². The number of ketones is 1. The first-order valence-corrected chi connectivity index (χ1v) is 12.6. The molecule has 1 heterocycles. The average molecular weight is 526 g/mol. The fourth-order valence-corrected chi connectivity index (χ4v) is 4.59. The molecule has 5 aromatic rings. The van der Waals surface area contributed by atoms with Crippen molar-refractivity contribution in [3.8, 4) is 16.9 Å². The van der Waals surface area contributed by atoms with E-state index in [0.717, 1.165) is 11.6 Å². The van der Waals surface area contributed by atoms with Gasteiger partial charge in [-0.2, -0.15) is 13.2 Å². The van der Waals surface area contributed by atoms with Crippen molar-refractivity contribution in [1.29, 1.82) is 0 Å². The fraction of sp³-hybridized carbons (Fsp3) is 0.152. The molecule has 196 valence electrons. The lowest BCUT2D eigenvalue weighted by atomic mass is 9.91. The summed E-state index contributed by atoms with van der Waals surface area (Å²) < 4.78 is 47.6. The van der Waals surface area contributed by atoms with Crippen LogP contribution in [0.3, 0.4) is 0 Å². The molecule has 0 bridgehead atoms. The molecule has 0 fully saturated rings. The zero-order chi connectivity index (χ0) is 27.6. The Morgan fingerprint density at radius 1 is 0.872 bits per heavy atom. The number of benzene rings is 4. The van der Waals surface area contributed by atoms with E-state index >= 15 is 0 Å². The van der Waals surface area contributed by atoms with Crippen molar-refractivity contribution in [1.82, 2.24) is 4.98 Å². The van der Waals surface area contributed by atoms with E-state index in [2.05, 4.69) is 31.0 Å². The number of pyridine rings is 1. The number of halogens is 3. The smallest absolute Gasteiger partial charge is 0.418 e. The van der Waals surface area contributed by atoms with E-state index < -0.39 is 11.7 Å². The van der Waals surface area contributed by atoms with Gasteiger partial charge in [-0.15, -0.1) is 0 Å². The van der Waals surface area contributed by atoms with Crippen molar-refractivity contribution >= 4 is 16.7 Å². The first-order chi connectivity index (χ1) is 18.7. The molecule has 0 spiro atoms. The standard InChI is InChI=1S/C33H26F3NO2/c1-21(2)23-16-14-22(15-17-23)20-39-26-11-6-10-25(18-26)30-27-12-7-13-29(33(34,35)36)31(27)37-19-28(30)32(38)24-8-4-3-5-9-24/h3-19,21H,20H2,1-2H3. The highest BCUT2D eigenvalue weighted by Crippen LogP contribution is 2.39. The summed E-state index contributed by atoms with van der Waals surface area (Å²) >= 11 is 0. The molecular weight excluding hydrogens is 499 g/mol. The Labute approximate surface area is 224 Å². The Bertz CT molecular complexity index is 1630. The summed E-state index contributed by atoms with van der Waals surface area (Å²) in [4.78, 5) is 17.7. The summed E-state index contributed by atoms with van der Waals surface area (Å²) in [7, 11) is 0. The van der Waals surface area contributed by atoms with E-state index in [9.17, 15) is 18.0 Å². The van der Waals surface area contributed by atoms with Gasteiger partial charge in [-0.25, -0.2) is 0 Å². The number of hydrogen-bond donors (Lipinski definition) is 0. The van der Waals surface area contributed by atoms with E-state index in [-0.39, 0.29) is 22.2 Å². The molecule has 0 aliphatic carbocycles. The van der Waals surface area contributed by atoms with Crippen molar-refractivity contribution in [2.75, 3.05) is 0 Å². The second-order valence-electron chi connectivity index (χ2n) is 9.65. The summed E-state index contributed by atoms with van der Waals surface area (Å²) in [6.07, 6.45) is -3.35. The van der Waals surface area contributed by atoms with Crippen molar-refractivity contribution in [3.05, 3.63) is 131 Å². The minimum absolute atomic E-state index is 0.207. The van der Waals surface area contributed by atoms with Crippen LogP contribution in [0.1, 0.15) is 52.4 Å². The monoisotopic (exact) mass is 525 g/mol. The Kier molecular flexibility index (Phi) is 7.20. The maximum absolute atomic E-state index is 13.8. The molecule has 0 saturated heterocycles. The maximum atomic E-state index is 13.8. The molecule has 0 saturated carbocycles. The number of nitrogens with zero attached hydrogens (tertiary/aromatic N) is 1. The maximum Gasteiger partial charge on any atom is 0.418 e. The van der Waals surface area contributed by atoms with Crippen molar-refractivity contribution in [3.63, 3.8) is 0 Å². The lowest BCUT2D eigenvalue weighted by Gasteiger charge is -2.16. The zero-order valence-corrected chi connectivity index (χ0v) is 21.5. The van der Waals surface area contributed by atoms with Gasteiger partial charge in [0, 0.05) is 28.3 Å². The SMILES string of the molecule is CC(C)c1ccc(COc2cccc(-c3c(C(=O)c4ccccc4)cnc4c(C(F)(F)F)cccc34)c2)cc1. The van der Waals surface area contributed by atoms with Gasteiger partial charge in [0.1, 0.15) is 12.4 Å². The predicted molar refractivity (Wildman–Crippen MR) is 147 cm³/mol. The van der Waals surface area contributed by atoms with Crippen molar-refractivity contribution < 1.29 is 22.7 Å². The van der Waals surface area contributed by atoms with Crippen LogP contribution in [0, 0.1) is 0 Å². The number of carbonyl (C=O) groups excluding carboxylic acids is 1. The highest BCUT2D eigenvalue weighted by atomic mass is 19.4. The summed E-state index contributed by atoms with van der Waals surface area (Å²) in [6.45, 7) is 4.59. The van der Waals surface area contributed by atoms with Gasteiger partial charge < -0.3 is 4.74 Å².